The average Bonchev–Trinajstić information content (AvgIpc) is 2.58. The number of pyridine rings is 1. The molecule has 0 spiro atoms. The summed E-state index contributed by atoms with van der Waals surface area (Å²) in [6.07, 6.45) is 2.67. The summed E-state index contributed by atoms with van der Waals surface area (Å²) in [5.41, 5.74) is 1.70. The van der Waals surface area contributed by atoms with E-state index < -0.39 is 0 Å². The molecule has 0 saturated carbocycles. The highest BCUT2D eigenvalue weighted by molar-refractivity contribution is 5.94. The second-order valence-corrected chi connectivity index (χ2v) is 5.64. The lowest BCUT2D eigenvalue weighted by atomic mass is 10.1. The third-order valence-corrected chi connectivity index (χ3v) is 3.80. The number of hydrogen-bond donors (Lipinski definition) is 1. The maximum absolute atomic E-state index is 12.6. The fourth-order valence-corrected chi connectivity index (χ4v) is 2.71. The normalized spacial score (nSPS) is 11.6. The molecule has 3 rings (SSSR count). The molecule has 1 aromatic heterocycles. The van der Waals surface area contributed by atoms with Crippen LogP contribution in [0.5, 0.6) is 0 Å². The van der Waals surface area contributed by atoms with E-state index in [2.05, 4.69) is 0 Å². The van der Waals surface area contributed by atoms with Crippen LogP contribution in [0.2, 0.25) is 0 Å². The van der Waals surface area contributed by atoms with Gasteiger partial charge >= 0.3 is 0 Å². The molecule has 4 nitrogen and oxygen atoms in total. The molecule has 4 heteroatoms. The molecular formula is C20H17NO3. The highest BCUT2D eigenvalue weighted by Crippen LogP contribution is 2.17. The average molecular weight is 319 g/mol. The lowest BCUT2D eigenvalue weighted by molar-refractivity contribution is -0.112. The smallest absolute Gasteiger partial charge is 0.200 e. The molecule has 0 fully saturated rings. The third kappa shape index (κ3) is 3.13. The van der Waals surface area contributed by atoms with Crippen LogP contribution in [0.25, 0.3) is 16.7 Å². The first kappa shape index (κ1) is 15.7. The van der Waals surface area contributed by atoms with Crippen molar-refractivity contribution < 1.29 is 9.90 Å². The molecular weight excluding hydrogens is 302 g/mol. The van der Waals surface area contributed by atoms with Gasteiger partial charge in [0.1, 0.15) is 5.76 Å². The molecule has 0 aliphatic rings. The van der Waals surface area contributed by atoms with Crippen molar-refractivity contribution in [3.63, 3.8) is 0 Å². The first-order valence-electron chi connectivity index (χ1n) is 7.64. The highest BCUT2D eigenvalue weighted by atomic mass is 16.3. The van der Waals surface area contributed by atoms with E-state index in [4.69, 9.17) is 0 Å². The quantitative estimate of drug-likeness (QED) is 0.591. The van der Waals surface area contributed by atoms with E-state index in [1.54, 1.807) is 18.3 Å². The number of carbonyl (C=O) groups excluding carboxylic acids is 1. The molecule has 0 bridgehead atoms. The highest BCUT2D eigenvalue weighted by Gasteiger charge is 2.12. The van der Waals surface area contributed by atoms with Gasteiger partial charge in [0.25, 0.3) is 0 Å². The number of hydrogen-bond acceptors (Lipinski definition) is 3. The number of aromatic nitrogens is 1. The Morgan fingerprint density at radius 1 is 1.08 bits per heavy atom. The van der Waals surface area contributed by atoms with E-state index in [1.807, 2.05) is 47.0 Å². The van der Waals surface area contributed by atoms with Crippen molar-refractivity contribution in [2.24, 2.45) is 0 Å². The number of nitrogens with zero attached hydrogens (tertiary/aromatic N) is 1. The van der Waals surface area contributed by atoms with Crippen LogP contribution in [0.3, 0.4) is 0 Å². The monoisotopic (exact) mass is 319 g/mol. The van der Waals surface area contributed by atoms with Gasteiger partial charge < -0.3 is 9.67 Å². The molecule has 3 aromatic rings. The molecule has 0 saturated heterocycles. The van der Waals surface area contributed by atoms with Crippen LogP contribution in [0.15, 0.2) is 71.7 Å². The molecule has 0 aliphatic heterocycles. The number of carbonyl (C=O) groups is 1. The Hall–Kier alpha value is -3.14. The van der Waals surface area contributed by atoms with Crippen LogP contribution in [0.4, 0.5) is 0 Å². The Kier molecular flexibility index (Phi) is 4.29. The first-order valence-corrected chi connectivity index (χ1v) is 7.64. The maximum Gasteiger partial charge on any atom is 0.200 e. The Morgan fingerprint density at radius 3 is 2.46 bits per heavy atom. The minimum atomic E-state index is -0.310. The van der Waals surface area contributed by atoms with Crippen molar-refractivity contribution >= 4 is 22.4 Å². The summed E-state index contributed by atoms with van der Waals surface area (Å²) in [5.74, 6) is -0.616. The van der Waals surface area contributed by atoms with Gasteiger partial charge in [-0.1, -0.05) is 42.5 Å². The number of benzene rings is 2. The molecule has 0 amide bonds. The largest absolute Gasteiger partial charge is 0.507 e. The van der Waals surface area contributed by atoms with Gasteiger partial charge in [0.2, 0.25) is 0 Å². The molecule has 1 heterocycles. The van der Waals surface area contributed by atoms with Gasteiger partial charge in [0, 0.05) is 24.2 Å². The van der Waals surface area contributed by atoms with Crippen LogP contribution in [-0.2, 0) is 11.3 Å². The second-order valence-electron chi connectivity index (χ2n) is 5.64. The predicted octanol–water partition coefficient (Wildman–Crippen LogP) is 3.54. The Balaban J connectivity index is 2.22. The molecule has 0 atom stereocenters. The van der Waals surface area contributed by atoms with Gasteiger partial charge in [0.05, 0.1) is 11.1 Å². The standard InChI is InChI=1S/C20H17NO3/c1-14(22)11-19(23)17-13-21(12-15-7-3-2-4-8-15)18-10-6-5-9-16(18)20(17)24/h2-11,13,23H,12H2,1H3/b19-11-. The van der Waals surface area contributed by atoms with Crippen molar-refractivity contribution in [3.05, 3.63) is 88.2 Å². The van der Waals surface area contributed by atoms with Gasteiger partial charge in [-0.2, -0.15) is 0 Å². The fourth-order valence-electron chi connectivity index (χ4n) is 2.71. The van der Waals surface area contributed by atoms with Gasteiger partial charge in [-0.05, 0) is 24.6 Å². The third-order valence-electron chi connectivity index (χ3n) is 3.80. The summed E-state index contributed by atoms with van der Waals surface area (Å²) in [7, 11) is 0. The topological polar surface area (TPSA) is 59.3 Å². The molecule has 2 aromatic carbocycles. The SMILES string of the molecule is CC(=O)/C=C(\O)c1cn(Cc2ccccc2)c2ccccc2c1=O. The minimum absolute atomic E-state index is 0.125. The van der Waals surface area contributed by atoms with Crippen molar-refractivity contribution in [3.8, 4) is 0 Å². The molecule has 24 heavy (non-hydrogen) atoms. The summed E-state index contributed by atoms with van der Waals surface area (Å²) >= 11 is 0. The number of aliphatic hydroxyl groups excluding tert-OH is 1. The van der Waals surface area contributed by atoms with Crippen LogP contribution >= 0.6 is 0 Å². The summed E-state index contributed by atoms with van der Waals surface area (Å²) in [4.78, 5) is 23.9. The second kappa shape index (κ2) is 6.54. The van der Waals surface area contributed by atoms with Crippen LogP contribution in [-0.4, -0.2) is 15.5 Å². The predicted molar refractivity (Wildman–Crippen MR) is 95.0 cm³/mol. The van der Waals surface area contributed by atoms with Crippen molar-refractivity contribution in [2.45, 2.75) is 13.5 Å². The zero-order valence-corrected chi connectivity index (χ0v) is 13.3. The van der Waals surface area contributed by atoms with Gasteiger partial charge in [-0.3, -0.25) is 9.59 Å². The molecule has 0 radical (unpaired) electrons. The molecule has 0 aliphatic carbocycles. The number of allylic oxidation sites excluding steroid dienone is 1. The maximum atomic E-state index is 12.6. The van der Waals surface area contributed by atoms with E-state index in [-0.39, 0.29) is 22.5 Å². The van der Waals surface area contributed by atoms with Gasteiger partial charge in [0.15, 0.2) is 11.2 Å². The summed E-state index contributed by atoms with van der Waals surface area (Å²) in [6, 6.07) is 17.1. The Morgan fingerprint density at radius 2 is 1.75 bits per heavy atom. The van der Waals surface area contributed by atoms with Crippen molar-refractivity contribution in [1.29, 1.82) is 0 Å². The van der Waals surface area contributed by atoms with Gasteiger partial charge in [-0.15, -0.1) is 0 Å². The van der Waals surface area contributed by atoms with Crippen LogP contribution in [0.1, 0.15) is 18.1 Å². The van der Waals surface area contributed by atoms with Crippen LogP contribution < -0.4 is 5.43 Å². The summed E-state index contributed by atoms with van der Waals surface area (Å²) in [5, 5.41) is 10.7. The molecule has 120 valence electrons. The zero-order chi connectivity index (χ0) is 17.1. The van der Waals surface area contributed by atoms with E-state index in [0.717, 1.165) is 17.2 Å². The van der Waals surface area contributed by atoms with E-state index in [1.165, 1.54) is 6.92 Å². The van der Waals surface area contributed by atoms with E-state index in [0.29, 0.717) is 11.9 Å². The van der Waals surface area contributed by atoms with E-state index in [9.17, 15) is 14.7 Å². The lowest BCUT2D eigenvalue weighted by Gasteiger charge is -2.13. The summed E-state index contributed by atoms with van der Waals surface area (Å²) < 4.78 is 1.91. The lowest BCUT2D eigenvalue weighted by Crippen LogP contribution is -2.15. The van der Waals surface area contributed by atoms with E-state index >= 15 is 0 Å². The number of ketones is 1. The first-order chi connectivity index (χ1) is 11.6. The number of fused-ring (bicyclic) bond motifs is 1. The molecule has 0 unspecified atom stereocenters. The van der Waals surface area contributed by atoms with Crippen molar-refractivity contribution in [2.75, 3.05) is 0 Å². The van der Waals surface area contributed by atoms with Crippen molar-refractivity contribution in [1.82, 2.24) is 4.57 Å². The van der Waals surface area contributed by atoms with Gasteiger partial charge in [-0.25, -0.2) is 0 Å². The zero-order valence-electron chi connectivity index (χ0n) is 13.3. The number of para-hydroxylation sites is 1. The number of rotatable bonds is 4. The minimum Gasteiger partial charge on any atom is -0.507 e. The number of aliphatic hydroxyl groups is 1. The Labute approximate surface area is 139 Å². The Bertz CT molecular complexity index is 985. The summed E-state index contributed by atoms with van der Waals surface area (Å²) in [6.45, 7) is 1.89. The molecule has 1 N–H and O–H groups in total. The fraction of sp³-hybridized carbons (Fsp3) is 0.100. The van der Waals surface area contributed by atoms with Crippen LogP contribution in [0, 0.1) is 0 Å².